The minimum atomic E-state index is 0.0714. The number of para-hydroxylation sites is 1. The Balaban J connectivity index is 1.55. The molecule has 0 spiro atoms. The maximum atomic E-state index is 5.60. The van der Waals surface area contributed by atoms with Gasteiger partial charge >= 0.3 is 0 Å². The van der Waals surface area contributed by atoms with E-state index in [4.69, 9.17) is 4.74 Å². The number of nitrogens with zero attached hydrogens (tertiary/aromatic N) is 2. The van der Waals surface area contributed by atoms with Crippen LogP contribution in [0.2, 0.25) is 0 Å². The van der Waals surface area contributed by atoms with E-state index < -0.39 is 0 Å². The number of ether oxygens (including phenoxy) is 1. The number of nitrogens with one attached hydrogen (secondary N) is 1. The normalized spacial score (nSPS) is 16.9. The first-order chi connectivity index (χ1) is 9.81. The molecule has 4 nitrogen and oxygen atoms in total. The lowest BCUT2D eigenvalue weighted by Crippen LogP contribution is -2.47. The quantitative estimate of drug-likeness (QED) is 0.877. The van der Waals surface area contributed by atoms with Gasteiger partial charge in [0.1, 0.15) is 0 Å². The highest BCUT2D eigenvalue weighted by Crippen LogP contribution is 2.34. The van der Waals surface area contributed by atoms with E-state index >= 15 is 0 Å². The lowest BCUT2D eigenvalue weighted by Gasteiger charge is -2.40. The van der Waals surface area contributed by atoms with Crippen molar-refractivity contribution < 1.29 is 4.74 Å². The van der Waals surface area contributed by atoms with Crippen molar-refractivity contribution >= 4 is 0 Å². The smallest absolute Gasteiger partial charge is 0.0802 e. The van der Waals surface area contributed by atoms with Gasteiger partial charge < -0.3 is 10.1 Å². The highest BCUT2D eigenvalue weighted by molar-refractivity contribution is 5.30. The Hall–Kier alpha value is -1.65. The number of benzene rings is 1. The zero-order valence-corrected chi connectivity index (χ0v) is 11.9. The third-order valence-corrected chi connectivity index (χ3v) is 4.12. The zero-order chi connectivity index (χ0) is 13.8. The molecule has 1 aliphatic carbocycles. The molecule has 20 heavy (non-hydrogen) atoms. The Bertz CT molecular complexity index is 540. The summed E-state index contributed by atoms with van der Waals surface area (Å²) in [6.07, 6.45) is 5.60. The van der Waals surface area contributed by atoms with Crippen LogP contribution in [-0.2, 0) is 11.3 Å². The number of hydrogen-bond acceptors (Lipinski definition) is 3. The second-order valence-electron chi connectivity index (χ2n) is 5.43. The fraction of sp³-hybridized carbons (Fsp3) is 0.438. The van der Waals surface area contributed by atoms with E-state index in [1.165, 1.54) is 6.42 Å². The van der Waals surface area contributed by atoms with Gasteiger partial charge in [-0.2, -0.15) is 5.10 Å². The van der Waals surface area contributed by atoms with E-state index in [0.29, 0.717) is 0 Å². The first-order valence-corrected chi connectivity index (χ1v) is 7.17. The Labute approximate surface area is 119 Å². The van der Waals surface area contributed by atoms with Crippen LogP contribution in [0.15, 0.2) is 42.6 Å². The van der Waals surface area contributed by atoms with Crippen molar-refractivity contribution in [1.82, 2.24) is 15.1 Å². The van der Waals surface area contributed by atoms with Crippen molar-refractivity contribution in [1.29, 1.82) is 0 Å². The number of rotatable bonds is 6. The van der Waals surface area contributed by atoms with Crippen molar-refractivity contribution in [2.45, 2.75) is 31.4 Å². The van der Waals surface area contributed by atoms with Gasteiger partial charge in [-0.25, -0.2) is 4.68 Å². The summed E-state index contributed by atoms with van der Waals surface area (Å²) in [6.45, 7) is 1.69. The molecule has 0 atom stereocenters. The highest BCUT2D eigenvalue weighted by Gasteiger charge is 2.36. The monoisotopic (exact) mass is 271 g/mol. The van der Waals surface area contributed by atoms with Gasteiger partial charge in [0.05, 0.1) is 17.0 Å². The lowest BCUT2D eigenvalue weighted by molar-refractivity contribution is -0.0695. The average Bonchev–Trinajstić information content (AvgIpc) is 2.92. The van der Waals surface area contributed by atoms with E-state index in [1.54, 1.807) is 0 Å². The molecule has 0 saturated heterocycles. The summed E-state index contributed by atoms with van der Waals surface area (Å²) in [6, 6.07) is 12.2. The van der Waals surface area contributed by atoms with E-state index in [-0.39, 0.29) is 5.60 Å². The standard InChI is InChI=1S/C16H21N3O/c1-20-16(9-5-10-16)13-17-12-14-8-11-19(18-14)15-6-3-2-4-7-15/h2-4,6-8,11,17H,5,9-10,12-13H2,1H3. The summed E-state index contributed by atoms with van der Waals surface area (Å²) >= 11 is 0. The molecule has 106 valence electrons. The maximum Gasteiger partial charge on any atom is 0.0802 e. The van der Waals surface area contributed by atoms with Gasteiger partial charge in [-0.05, 0) is 37.5 Å². The third-order valence-electron chi connectivity index (χ3n) is 4.12. The summed E-state index contributed by atoms with van der Waals surface area (Å²) in [4.78, 5) is 0. The van der Waals surface area contributed by atoms with Crippen LogP contribution < -0.4 is 5.32 Å². The Morgan fingerprint density at radius 3 is 2.70 bits per heavy atom. The van der Waals surface area contributed by atoms with Crippen LogP contribution in [0.3, 0.4) is 0 Å². The van der Waals surface area contributed by atoms with Gasteiger partial charge in [0.15, 0.2) is 0 Å². The van der Waals surface area contributed by atoms with Crippen molar-refractivity contribution in [3.05, 3.63) is 48.3 Å². The fourth-order valence-electron chi connectivity index (χ4n) is 2.62. The van der Waals surface area contributed by atoms with Crippen LogP contribution in [-0.4, -0.2) is 29.0 Å². The average molecular weight is 271 g/mol. The van der Waals surface area contributed by atoms with E-state index in [9.17, 15) is 0 Å². The third kappa shape index (κ3) is 2.76. The minimum Gasteiger partial charge on any atom is -0.377 e. The zero-order valence-electron chi connectivity index (χ0n) is 11.9. The molecule has 1 fully saturated rings. The van der Waals surface area contributed by atoms with Crippen molar-refractivity contribution in [3.8, 4) is 5.69 Å². The van der Waals surface area contributed by atoms with Gasteiger partial charge in [0.2, 0.25) is 0 Å². The molecule has 2 aromatic rings. The van der Waals surface area contributed by atoms with Crippen molar-refractivity contribution in [2.75, 3.05) is 13.7 Å². The number of aromatic nitrogens is 2. The molecule has 1 heterocycles. The molecular formula is C16H21N3O. The number of methoxy groups -OCH3 is 1. The van der Waals surface area contributed by atoms with Crippen LogP contribution >= 0.6 is 0 Å². The molecule has 1 saturated carbocycles. The molecule has 3 rings (SSSR count). The second kappa shape index (κ2) is 5.77. The summed E-state index contributed by atoms with van der Waals surface area (Å²) in [5, 5.41) is 8.04. The molecule has 1 aromatic carbocycles. The highest BCUT2D eigenvalue weighted by atomic mass is 16.5. The van der Waals surface area contributed by atoms with Gasteiger partial charge in [-0.3, -0.25) is 0 Å². The molecule has 0 amide bonds. The van der Waals surface area contributed by atoms with Crippen LogP contribution in [0.4, 0.5) is 0 Å². The summed E-state index contributed by atoms with van der Waals surface area (Å²) in [7, 11) is 1.81. The van der Waals surface area contributed by atoms with Crippen LogP contribution in [0, 0.1) is 0 Å². The maximum absolute atomic E-state index is 5.60. The fourth-order valence-corrected chi connectivity index (χ4v) is 2.62. The Kier molecular flexibility index (Phi) is 3.85. The summed E-state index contributed by atoms with van der Waals surface area (Å²) < 4.78 is 7.51. The second-order valence-corrected chi connectivity index (χ2v) is 5.43. The molecule has 4 heteroatoms. The van der Waals surface area contributed by atoms with Crippen molar-refractivity contribution in [3.63, 3.8) is 0 Å². The minimum absolute atomic E-state index is 0.0714. The predicted octanol–water partition coefficient (Wildman–Crippen LogP) is 2.53. The first kappa shape index (κ1) is 13.3. The van der Waals surface area contributed by atoms with Gasteiger partial charge in [-0.1, -0.05) is 18.2 Å². The first-order valence-electron chi connectivity index (χ1n) is 7.17. The SMILES string of the molecule is COC1(CNCc2ccn(-c3ccccc3)n2)CCC1. The van der Waals surface area contributed by atoms with Crippen LogP contribution in [0.1, 0.15) is 25.0 Å². The largest absolute Gasteiger partial charge is 0.377 e. The Morgan fingerprint density at radius 2 is 2.05 bits per heavy atom. The van der Waals surface area contributed by atoms with Gasteiger partial charge in [0.25, 0.3) is 0 Å². The van der Waals surface area contributed by atoms with E-state index in [0.717, 1.165) is 37.3 Å². The molecule has 0 radical (unpaired) electrons. The predicted molar refractivity (Wildman–Crippen MR) is 78.9 cm³/mol. The molecule has 1 aliphatic rings. The molecule has 0 bridgehead atoms. The number of hydrogen-bond donors (Lipinski definition) is 1. The molecule has 1 N–H and O–H groups in total. The lowest BCUT2D eigenvalue weighted by atomic mass is 9.80. The molecule has 0 aliphatic heterocycles. The molecule has 0 unspecified atom stereocenters. The van der Waals surface area contributed by atoms with Crippen LogP contribution in [0.5, 0.6) is 0 Å². The molecular weight excluding hydrogens is 250 g/mol. The van der Waals surface area contributed by atoms with Crippen LogP contribution in [0.25, 0.3) is 5.69 Å². The van der Waals surface area contributed by atoms with E-state index in [2.05, 4.69) is 28.6 Å². The summed E-state index contributed by atoms with van der Waals surface area (Å²) in [5.41, 5.74) is 2.22. The van der Waals surface area contributed by atoms with Crippen molar-refractivity contribution in [2.24, 2.45) is 0 Å². The van der Waals surface area contributed by atoms with Gasteiger partial charge in [-0.15, -0.1) is 0 Å². The molecule has 1 aromatic heterocycles. The topological polar surface area (TPSA) is 39.1 Å². The summed E-state index contributed by atoms with van der Waals surface area (Å²) in [5.74, 6) is 0. The van der Waals surface area contributed by atoms with Gasteiger partial charge in [0, 0.05) is 26.4 Å². The Morgan fingerprint density at radius 1 is 1.25 bits per heavy atom. The van der Waals surface area contributed by atoms with E-state index in [1.807, 2.05) is 36.2 Å².